The molecule has 0 aliphatic rings. The van der Waals surface area contributed by atoms with E-state index >= 15 is 0 Å². The number of hydrogen-bond donors (Lipinski definition) is 1. The first kappa shape index (κ1) is 14.9. The van der Waals surface area contributed by atoms with E-state index in [1.165, 1.54) is 30.1 Å². The SMILES string of the molecule is CN(Cc1ccc(F)c(F)c1)C(=O)c1ccc(F)c(N)c1. The predicted molar refractivity (Wildman–Crippen MR) is 73.0 cm³/mol. The van der Waals surface area contributed by atoms with E-state index in [4.69, 9.17) is 5.73 Å². The van der Waals surface area contributed by atoms with Gasteiger partial charge in [0.25, 0.3) is 5.91 Å². The monoisotopic (exact) mass is 294 g/mol. The van der Waals surface area contributed by atoms with Gasteiger partial charge in [-0.3, -0.25) is 4.79 Å². The average molecular weight is 294 g/mol. The van der Waals surface area contributed by atoms with Crippen LogP contribution in [-0.2, 0) is 6.54 Å². The number of nitrogens with two attached hydrogens (primary N) is 1. The van der Waals surface area contributed by atoms with Gasteiger partial charge in [-0.2, -0.15) is 0 Å². The quantitative estimate of drug-likeness (QED) is 0.885. The molecular weight excluding hydrogens is 281 g/mol. The van der Waals surface area contributed by atoms with Crippen molar-refractivity contribution in [1.29, 1.82) is 0 Å². The molecule has 0 aliphatic carbocycles. The van der Waals surface area contributed by atoms with E-state index in [1.54, 1.807) is 0 Å². The zero-order chi connectivity index (χ0) is 15.6. The summed E-state index contributed by atoms with van der Waals surface area (Å²) in [4.78, 5) is 13.4. The van der Waals surface area contributed by atoms with E-state index < -0.39 is 23.4 Å². The van der Waals surface area contributed by atoms with Crippen molar-refractivity contribution in [1.82, 2.24) is 4.90 Å². The van der Waals surface area contributed by atoms with Crippen molar-refractivity contribution in [3.8, 4) is 0 Å². The number of hydrogen-bond acceptors (Lipinski definition) is 2. The molecule has 0 heterocycles. The second-order valence-electron chi connectivity index (χ2n) is 4.65. The van der Waals surface area contributed by atoms with Gasteiger partial charge in [-0.1, -0.05) is 6.07 Å². The van der Waals surface area contributed by atoms with Crippen LogP contribution in [0.25, 0.3) is 0 Å². The fourth-order valence-corrected chi connectivity index (χ4v) is 1.88. The first-order valence-corrected chi connectivity index (χ1v) is 6.13. The number of nitrogens with zero attached hydrogens (tertiary/aromatic N) is 1. The molecule has 0 atom stereocenters. The minimum Gasteiger partial charge on any atom is -0.396 e. The average Bonchev–Trinajstić information content (AvgIpc) is 2.45. The van der Waals surface area contributed by atoms with Gasteiger partial charge in [0.05, 0.1) is 5.69 Å². The molecule has 0 fully saturated rings. The van der Waals surface area contributed by atoms with Crippen molar-refractivity contribution in [2.24, 2.45) is 0 Å². The van der Waals surface area contributed by atoms with Gasteiger partial charge in [0.2, 0.25) is 0 Å². The van der Waals surface area contributed by atoms with Crippen LogP contribution in [0, 0.1) is 17.5 Å². The fourth-order valence-electron chi connectivity index (χ4n) is 1.88. The zero-order valence-electron chi connectivity index (χ0n) is 11.2. The zero-order valence-corrected chi connectivity index (χ0v) is 11.2. The highest BCUT2D eigenvalue weighted by molar-refractivity contribution is 5.94. The van der Waals surface area contributed by atoms with Crippen molar-refractivity contribution in [3.05, 3.63) is 65.0 Å². The van der Waals surface area contributed by atoms with Crippen molar-refractivity contribution >= 4 is 11.6 Å². The molecule has 21 heavy (non-hydrogen) atoms. The van der Waals surface area contributed by atoms with E-state index in [1.807, 2.05) is 0 Å². The summed E-state index contributed by atoms with van der Waals surface area (Å²) in [6.07, 6.45) is 0. The minimum absolute atomic E-state index is 0.0906. The maximum Gasteiger partial charge on any atom is 0.253 e. The molecule has 2 N–H and O–H groups in total. The maximum absolute atomic E-state index is 13.1. The molecule has 6 heteroatoms. The Morgan fingerprint density at radius 3 is 2.33 bits per heavy atom. The number of benzene rings is 2. The Labute approximate surface area is 119 Å². The Hall–Kier alpha value is -2.50. The number of anilines is 1. The van der Waals surface area contributed by atoms with Crippen LogP contribution in [0.15, 0.2) is 36.4 Å². The summed E-state index contributed by atoms with van der Waals surface area (Å²) < 4.78 is 39.0. The Morgan fingerprint density at radius 1 is 1.05 bits per heavy atom. The van der Waals surface area contributed by atoms with Gasteiger partial charge >= 0.3 is 0 Å². The normalized spacial score (nSPS) is 10.5. The molecule has 1 amide bonds. The number of nitrogen functional groups attached to an aromatic ring is 1. The van der Waals surface area contributed by atoms with E-state index in [2.05, 4.69) is 0 Å². The van der Waals surface area contributed by atoms with Crippen LogP contribution in [-0.4, -0.2) is 17.9 Å². The Balaban J connectivity index is 2.15. The van der Waals surface area contributed by atoms with E-state index in [0.29, 0.717) is 5.56 Å². The highest BCUT2D eigenvalue weighted by atomic mass is 19.2. The molecule has 2 aromatic carbocycles. The summed E-state index contributed by atoms with van der Waals surface area (Å²) in [5, 5.41) is 0. The van der Waals surface area contributed by atoms with Crippen LogP contribution >= 0.6 is 0 Å². The van der Waals surface area contributed by atoms with Gasteiger partial charge in [0.15, 0.2) is 11.6 Å². The van der Waals surface area contributed by atoms with Crippen LogP contribution in [0.2, 0.25) is 0 Å². The summed E-state index contributed by atoms with van der Waals surface area (Å²) >= 11 is 0. The predicted octanol–water partition coefficient (Wildman–Crippen LogP) is 2.96. The molecule has 0 saturated carbocycles. The van der Waals surface area contributed by atoms with Crippen molar-refractivity contribution in [2.75, 3.05) is 12.8 Å². The van der Waals surface area contributed by atoms with Crippen molar-refractivity contribution < 1.29 is 18.0 Å². The third-order valence-electron chi connectivity index (χ3n) is 2.99. The van der Waals surface area contributed by atoms with Crippen LogP contribution in [0.5, 0.6) is 0 Å². The minimum atomic E-state index is -0.973. The van der Waals surface area contributed by atoms with Gasteiger partial charge in [-0.25, -0.2) is 13.2 Å². The Bertz CT molecular complexity index is 689. The fraction of sp³-hybridized carbons (Fsp3) is 0.133. The molecule has 0 unspecified atom stereocenters. The van der Waals surface area contributed by atoms with Gasteiger partial charge in [-0.15, -0.1) is 0 Å². The third kappa shape index (κ3) is 3.34. The number of amides is 1. The smallest absolute Gasteiger partial charge is 0.253 e. The number of halogens is 3. The summed E-state index contributed by atoms with van der Waals surface area (Å²) in [5.74, 6) is -2.92. The topological polar surface area (TPSA) is 46.3 Å². The molecule has 0 aromatic heterocycles. The van der Waals surface area contributed by atoms with E-state index in [9.17, 15) is 18.0 Å². The standard InChI is InChI=1S/C15H13F3N2O/c1-20(8-9-2-4-11(16)13(18)6-9)15(21)10-3-5-12(17)14(19)7-10/h2-7H,8,19H2,1H3. The molecule has 2 rings (SSSR count). The van der Waals surface area contributed by atoms with Crippen molar-refractivity contribution in [2.45, 2.75) is 6.54 Å². The molecular formula is C15H13F3N2O. The first-order chi connectivity index (χ1) is 9.88. The molecule has 0 aliphatic heterocycles. The summed E-state index contributed by atoms with van der Waals surface area (Å²) in [5.41, 5.74) is 5.95. The van der Waals surface area contributed by atoms with Crippen LogP contribution < -0.4 is 5.73 Å². The highest BCUT2D eigenvalue weighted by Crippen LogP contribution is 2.16. The largest absolute Gasteiger partial charge is 0.396 e. The van der Waals surface area contributed by atoms with Gasteiger partial charge < -0.3 is 10.6 Å². The van der Waals surface area contributed by atoms with Gasteiger partial charge in [0.1, 0.15) is 5.82 Å². The summed E-state index contributed by atoms with van der Waals surface area (Å²) in [6, 6.07) is 7.07. The number of rotatable bonds is 3. The Kier molecular flexibility index (Phi) is 4.16. The highest BCUT2D eigenvalue weighted by Gasteiger charge is 2.14. The van der Waals surface area contributed by atoms with E-state index in [0.717, 1.165) is 18.2 Å². The Morgan fingerprint density at radius 2 is 1.71 bits per heavy atom. The lowest BCUT2D eigenvalue weighted by Gasteiger charge is -2.17. The molecule has 110 valence electrons. The molecule has 0 radical (unpaired) electrons. The molecule has 0 bridgehead atoms. The first-order valence-electron chi connectivity index (χ1n) is 6.13. The summed E-state index contributed by atoms with van der Waals surface area (Å²) in [7, 11) is 1.50. The van der Waals surface area contributed by atoms with E-state index in [-0.39, 0.29) is 17.8 Å². The lowest BCUT2D eigenvalue weighted by molar-refractivity contribution is 0.0785. The molecule has 0 saturated heterocycles. The van der Waals surface area contributed by atoms with Gasteiger partial charge in [0, 0.05) is 19.2 Å². The molecule has 0 spiro atoms. The lowest BCUT2D eigenvalue weighted by Crippen LogP contribution is -2.26. The van der Waals surface area contributed by atoms with Crippen LogP contribution in [0.1, 0.15) is 15.9 Å². The molecule has 2 aromatic rings. The summed E-state index contributed by atoms with van der Waals surface area (Å²) in [6.45, 7) is 0.0906. The molecule has 3 nitrogen and oxygen atoms in total. The van der Waals surface area contributed by atoms with Crippen LogP contribution in [0.3, 0.4) is 0 Å². The lowest BCUT2D eigenvalue weighted by atomic mass is 10.1. The number of carbonyl (C=O) groups excluding carboxylic acids is 1. The number of carbonyl (C=O) groups is 1. The van der Waals surface area contributed by atoms with Gasteiger partial charge in [-0.05, 0) is 35.9 Å². The third-order valence-corrected chi connectivity index (χ3v) is 2.99. The maximum atomic E-state index is 13.1. The van der Waals surface area contributed by atoms with Crippen molar-refractivity contribution in [3.63, 3.8) is 0 Å². The second kappa shape index (κ2) is 5.87. The second-order valence-corrected chi connectivity index (χ2v) is 4.65. The van der Waals surface area contributed by atoms with Crippen LogP contribution in [0.4, 0.5) is 18.9 Å².